The molecule has 7 nitrogen and oxygen atoms in total. The molecule has 1 unspecified atom stereocenters. The van der Waals surface area contributed by atoms with Crippen LogP contribution < -0.4 is 10.6 Å². The average Bonchev–Trinajstić information content (AvgIpc) is 3.14. The van der Waals surface area contributed by atoms with Gasteiger partial charge in [-0.25, -0.2) is 4.98 Å². The Balaban J connectivity index is 1.35. The van der Waals surface area contributed by atoms with E-state index >= 15 is 0 Å². The largest absolute Gasteiger partial charge is 0.439 e. The van der Waals surface area contributed by atoms with Crippen molar-refractivity contribution >= 4 is 23.0 Å². The van der Waals surface area contributed by atoms with Gasteiger partial charge in [0.2, 0.25) is 11.6 Å². The van der Waals surface area contributed by atoms with Gasteiger partial charge in [-0.15, -0.1) is 4.59 Å². The molecule has 3 aromatic rings. The van der Waals surface area contributed by atoms with Crippen molar-refractivity contribution in [2.45, 2.75) is 19.8 Å². The fraction of sp³-hybridized carbons (Fsp3) is 0.276. The van der Waals surface area contributed by atoms with Gasteiger partial charge in [0.25, 0.3) is 5.84 Å². The second kappa shape index (κ2) is 8.78. The molecule has 1 fully saturated rings. The fourth-order valence-corrected chi connectivity index (χ4v) is 5.50. The lowest BCUT2D eigenvalue weighted by molar-refractivity contribution is -0.750. The summed E-state index contributed by atoms with van der Waals surface area (Å²) in [7, 11) is 4.26. The molecule has 36 heavy (non-hydrogen) atoms. The molecular formula is C29H31N6O+. The number of nitrogens with two attached hydrogens (primary N) is 1. The first-order valence-corrected chi connectivity index (χ1v) is 12.4. The Morgan fingerprint density at radius 1 is 1.08 bits per heavy atom. The number of allylic oxidation sites excluding steroid dienone is 2. The second-order valence-corrected chi connectivity index (χ2v) is 10.3. The van der Waals surface area contributed by atoms with Crippen LogP contribution >= 0.6 is 0 Å². The number of amidine groups is 1. The molecule has 1 atom stereocenters. The Bertz CT molecular complexity index is 1450. The number of hydrogen-bond donors (Lipinski definition) is 1. The van der Waals surface area contributed by atoms with Gasteiger partial charge in [-0.2, -0.15) is 10.8 Å². The smallest absolute Gasteiger partial charge is 0.264 e. The van der Waals surface area contributed by atoms with Gasteiger partial charge in [0.05, 0.1) is 23.5 Å². The highest BCUT2D eigenvalue weighted by Gasteiger charge is 2.48. The lowest BCUT2D eigenvalue weighted by Crippen LogP contribution is -2.53. The molecule has 6 rings (SSSR count). The van der Waals surface area contributed by atoms with E-state index in [1.807, 2.05) is 48.8 Å². The van der Waals surface area contributed by atoms with Crippen molar-refractivity contribution in [3.63, 3.8) is 0 Å². The minimum Gasteiger partial charge on any atom is -0.439 e. The quantitative estimate of drug-likeness (QED) is 0.392. The number of aromatic nitrogens is 1. The van der Waals surface area contributed by atoms with Gasteiger partial charge in [-0.1, -0.05) is 24.3 Å². The van der Waals surface area contributed by atoms with Crippen molar-refractivity contribution in [2.24, 2.45) is 27.7 Å². The minimum atomic E-state index is 0.0401. The van der Waals surface area contributed by atoms with E-state index in [0.29, 0.717) is 17.7 Å². The lowest BCUT2D eigenvalue weighted by Gasteiger charge is -2.36. The van der Waals surface area contributed by atoms with E-state index in [4.69, 9.17) is 20.6 Å². The Hall–Kier alpha value is -3.65. The van der Waals surface area contributed by atoms with Gasteiger partial charge in [-0.05, 0) is 69.6 Å². The number of benzene rings is 2. The van der Waals surface area contributed by atoms with Crippen LogP contribution in [-0.2, 0) is 0 Å². The van der Waals surface area contributed by atoms with Gasteiger partial charge in [0.15, 0.2) is 0 Å². The van der Waals surface area contributed by atoms with Crippen molar-refractivity contribution in [1.29, 1.82) is 0 Å². The number of ether oxygens (including phenoxy) is 1. The number of hydrogen-bond acceptors (Lipinski definition) is 6. The van der Waals surface area contributed by atoms with Crippen molar-refractivity contribution in [3.05, 3.63) is 89.5 Å². The highest BCUT2D eigenvalue weighted by molar-refractivity contribution is 6.02. The summed E-state index contributed by atoms with van der Waals surface area (Å²) in [4.78, 5) is 16.6. The van der Waals surface area contributed by atoms with E-state index in [9.17, 15) is 0 Å². The van der Waals surface area contributed by atoms with Crippen molar-refractivity contribution in [3.8, 4) is 11.6 Å². The Kier molecular flexibility index (Phi) is 5.56. The number of nitrogens with zero attached hydrogens (tertiary/aromatic N) is 5. The highest BCUT2D eigenvalue weighted by Crippen LogP contribution is 2.45. The maximum atomic E-state index is 6.99. The van der Waals surface area contributed by atoms with Crippen LogP contribution in [0.2, 0.25) is 0 Å². The van der Waals surface area contributed by atoms with Crippen molar-refractivity contribution in [2.75, 3.05) is 20.6 Å². The molecule has 2 aromatic carbocycles. The summed E-state index contributed by atoms with van der Waals surface area (Å²) in [6.45, 7) is 3.18. The molecule has 2 aliphatic heterocycles. The highest BCUT2D eigenvalue weighted by atomic mass is 16.5. The van der Waals surface area contributed by atoms with Crippen molar-refractivity contribution < 1.29 is 9.33 Å². The molecule has 1 aromatic heterocycles. The zero-order valence-corrected chi connectivity index (χ0v) is 20.9. The summed E-state index contributed by atoms with van der Waals surface area (Å²) in [6.07, 6.45) is 7.80. The summed E-state index contributed by atoms with van der Waals surface area (Å²) in [5, 5.41) is 1.08. The van der Waals surface area contributed by atoms with Crippen molar-refractivity contribution in [1.82, 2.24) is 9.88 Å². The SMILES string of the molecule is Cc1cc(Oc2ccccc2)nc2cc(C3=NC(C4CC(CN(C)C)C4)=C4C=NC=C[N+]34N)ccc12. The first-order chi connectivity index (χ1) is 17.4. The summed E-state index contributed by atoms with van der Waals surface area (Å²) in [6, 6.07) is 18.0. The number of rotatable bonds is 6. The molecule has 0 amide bonds. The van der Waals surface area contributed by atoms with E-state index in [1.165, 1.54) is 0 Å². The first kappa shape index (κ1) is 22.8. The van der Waals surface area contributed by atoms with Gasteiger partial charge in [0.1, 0.15) is 17.6 Å². The van der Waals surface area contributed by atoms with Crippen LogP contribution in [0.3, 0.4) is 0 Å². The molecule has 0 saturated heterocycles. The average molecular weight is 480 g/mol. The molecule has 0 radical (unpaired) electrons. The van der Waals surface area contributed by atoms with Crippen LogP contribution in [0.5, 0.6) is 11.6 Å². The third-order valence-electron chi connectivity index (χ3n) is 7.29. The van der Waals surface area contributed by atoms with Gasteiger partial charge in [-0.3, -0.25) is 4.99 Å². The maximum absolute atomic E-state index is 6.99. The van der Waals surface area contributed by atoms with Crippen LogP contribution in [-0.4, -0.2) is 47.2 Å². The molecule has 3 heterocycles. The van der Waals surface area contributed by atoms with Gasteiger partial charge in [0, 0.05) is 23.9 Å². The van der Waals surface area contributed by atoms with Gasteiger partial charge >= 0.3 is 0 Å². The van der Waals surface area contributed by atoms with Gasteiger partial charge < -0.3 is 9.64 Å². The topological polar surface area (TPSA) is 76.1 Å². The summed E-state index contributed by atoms with van der Waals surface area (Å²) >= 11 is 0. The van der Waals surface area contributed by atoms with E-state index in [2.05, 4.69) is 49.1 Å². The molecule has 1 aliphatic carbocycles. The van der Waals surface area contributed by atoms with E-state index in [-0.39, 0.29) is 4.59 Å². The summed E-state index contributed by atoms with van der Waals surface area (Å²) in [5.41, 5.74) is 4.94. The second-order valence-electron chi connectivity index (χ2n) is 10.3. The number of quaternary nitrogens is 1. The monoisotopic (exact) mass is 479 g/mol. The number of fused-ring (bicyclic) bond motifs is 2. The normalized spacial score (nSPS) is 24.8. The zero-order valence-electron chi connectivity index (χ0n) is 20.9. The molecule has 182 valence electrons. The van der Waals surface area contributed by atoms with E-state index in [0.717, 1.165) is 64.4 Å². The molecular weight excluding hydrogens is 448 g/mol. The number of pyridine rings is 1. The number of para-hydroxylation sites is 1. The summed E-state index contributed by atoms with van der Waals surface area (Å²) in [5.74, 6) is 10.2. The Morgan fingerprint density at radius 2 is 1.89 bits per heavy atom. The Labute approximate surface area is 211 Å². The molecule has 2 N–H and O–H groups in total. The van der Waals surface area contributed by atoms with E-state index < -0.39 is 0 Å². The van der Waals surface area contributed by atoms with Crippen LogP contribution in [0, 0.1) is 18.8 Å². The van der Waals surface area contributed by atoms with Crippen LogP contribution in [0.4, 0.5) is 0 Å². The van der Waals surface area contributed by atoms with Crippen LogP contribution in [0.25, 0.3) is 10.9 Å². The summed E-state index contributed by atoms with van der Waals surface area (Å²) < 4.78 is 6.08. The molecule has 1 saturated carbocycles. The predicted octanol–water partition coefficient (Wildman–Crippen LogP) is 5.14. The van der Waals surface area contributed by atoms with E-state index in [1.54, 1.807) is 6.20 Å². The third kappa shape index (κ3) is 3.95. The molecule has 7 heteroatoms. The number of aliphatic imine (C=N–C) groups is 2. The predicted molar refractivity (Wildman–Crippen MR) is 143 cm³/mol. The number of aryl methyl sites for hydroxylation is 1. The first-order valence-electron chi connectivity index (χ1n) is 12.4. The third-order valence-corrected chi connectivity index (χ3v) is 7.29. The fourth-order valence-electron chi connectivity index (χ4n) is 5.50. The zero-order chi connectivity index (χ0) is 24.9. The maximum Gasteiger partial charge on any atom is 0.264 e. The lowest BCUT2D eigenvalue weighted by atomic mass is 9.72. The Morgan fingerprint density at radius 3 is 2.67 bits per heavy atom. The molecule has 0 bridgehead atoms. The minimum absolute atomic E-state index is 0.0401. The van der Waals surface area contributed by atoms with Crippen LogP contribution in [0.15, 0.2) is 88.4 Å². The molecule has 0 spiro atoms. The standard InChI is InChI=1S/C29H31N6O/c1-19-13-27(36-23-7-5-4-6-8-23)32-25-16-21(9-10-24(19)25)29-33-28(22-14-20(15-22)18-34(2)3)26-17-31-11-12-35(26,29)30/h4-13,16-17,20,22H,14-15,18,30H2,1-3H3/q+1. The molecule has 3 aliphatic rings. The van der Waals surface area contributed by atoms with Crippen LogP contribution in [0.1, 0.15) is 24.0 Å².